The third kappa shape index (κ3) is 3.32. The SMILES string of the molecule is CC(CCCCCO)c1cccc2c(F)cccc12. The van der Waals surface area contributed by atoms with Crippen LogP contribution in [-0.4, -0.2) is 11.7 Å². The monoisotopic (exact) mass is 260 g/mol. The molecule has 0 bridgehead atoms. The van der Waals surface area contributed by atoms with Gasteiger partial charge in [0.2, 0.25) is 0 Å². The van der Waals surface area contributed by atoms with Gasteiger partial charge >= 0.3 is 0 Å². The lowest BCUT2D eigenvalue weighted by atomic mass is 9.91. The van der Waals surface area contributed by atoms with Gasteiger partial charge in [-0.05, 0) is 35.8 Å². The standard InChI is InChI=1S/C17H21FO/c1-13(7-3-2-4-12-19)14-8-5-10-16-15(14)9-6-11-17(16)18/h5-6,8-11,13,19H,2-4,7,12H2,1H3. The summed E-state index contributed by atoms with van der Waals surface area (Å²) in [6, 6.07) is 11.2. The Labute approximate surface area is 114 Å². The second kappa shape index (κ2) is 6.67. The summed E-state index contributed by atoms with van der Waals surface area (Å²) in [6.45, 7) is 2.46. The number of unbranched alkanes of at least 4 members (excludes halogenated alkanes) is 2. The van der Waals surface area contributed by atoms with Crippen molar-refractivity contribution in [2.24, 2.45) is 0 Å². The van der Waals surface area contributed by atoms with E-state index in [1.54, 1.807) is 6.07 Å². The Morgan fingerprint density at radius 2 is 1.74 bits per heavy atom. The van der Waals surface area contributed by atoms with Crippen molar-refractivity contribution in [3.8, 4) is 0 Å². The highest BCUT2D eigenvalue weighted by atomic mass is 19.1. The molecule has 0 saturated heterocycles. The Hall–Kier alpha value is -1.41. The summed E-state index contributed by atoms with van der Waals surface area (Å²) >= 11 is 0. The van der Waals surface area contributed by atoms with Crippen LogP contribution in [0.15, 0.2) is 36.4 Å². The average molecular weight is 260 g/mol. The summed E-state index contributed by atoms with van der Waals surface area (Å²) in [5.74, 6) is 0.274. The first-order valence-corrected chi connectivity index (χ1v) is 7.02. The first-order chi connectivity index (χ1) is 9.24. The van der Waals surface area contributed by atoms with Crippen molar-refractivity contribution in [3.63, 3.8) is 0 Å². The van der Waals surface area contributed by atoms with Crippen molar-refractivity contribution in [2.45, 2.75) is 38.5 Å². The molecule has 2 aromatic carbocycles. The molecule has 0 aliphatic heterocycles. The fourth-order valence-electron chi connectivity index (χ4n) is 2.62. The highest BCUT2D eigenvalue weighted by Crippen LogP contribution is 2.30. The zero-order chi connectivity index (χ0) is 13.7. The number of hydrogen-bond acceptors (Lipinski definition) is 1. The molecule has 0 spiro atoms. The highest BCUT2D eigenvalue weighted by Gasteiger charge is 2.10. The van der Waals surface area contributed by atoms with E-state index in [-0.39, 0.29) is 12.4 Å². The van der Waals surface area contributed by atoms with Crippen LogP contribution in [0.5, 0.6) is 0 Å². The third-order valence-electron chi connectivity index (χ3n) is 3.73. The molecule has 19 heavy (non-hydrogen) atoms. The summed E-state index contributed by atoms with van der Waals surface area (Å²) in [6.07, 6.45) is 4.11. The number of rotatable bonds is 6. The Bertz CT molecular complexity index is 536. The molecule has 102 valence electrons. The van der Waals surface area contributed by atoms with E-state index in [0.29, 0.717) is 11.3 Å². The molecule has 0 amide bonds. The maximum atomic E-state index is 13.8. The maximum absolute atomic E-state index is 13.8. The van der Waals surface area contributed by atoms with Gasteiger partial charge in [-0.3, -0.25) is 0 Å². The molecule has 2 aromatic rings. The van der Waals surface area contributed by atoms with Gasteiger partial charge in [0.05, 0.1) is 0 Å². The quantitative estimate of drug-likeness (QED) is 0.750. The Morgan fingerprint density at radius 1 is 1.00 bits per heavy atom. The molecule has 0 fully saturated rings. The van der Waals surface area contributed by atoms with Gasteiger partial charge in [-0.1, -0.05) is 50.1 Å². The van der Waals surface area contributed by atoms with Crippen LogP contribution in [0.4, 0.5) is 4.39 Å². The number of fused-ring (bicyclic) bond motifs is 1. The van der Waals surface area contributed by atoms with Crippen LogP contribution in [0.1, 0.15) is 44.1 Å². The van der Waals surface area contributed by atoms with Crippen molar-refractivity contribution in [1.29, 1.82) is 0 Å². The van der Waals surface area contributed by atoms with E-state index in [1.807, 2.05) is 18.2 Å². The van der Waals surface area contributed by atoms with E-state index in [9.17, 15) is 4.39 Å². The molecule has 0 radical (unpaired) electrons. The van der Waals surface area contributed by atoms with Crippen molar-refractivity contribution in [2.75, 3.05) is 6.61 Å². The third-order valence-corrected chi connectivity index (χ3v) is 3.73. The molecule has 2 rings (SSSR count). The molecule has 1 atom stereocenters. The van der Waals surface area contributed by atoms with Crippen LogP contribution in [-0.2, 0) is 0 Å². The molecule has 0 saturated carbocycles. The number of benzene rings is 2. The van der Waals surface area contributed by atoms with Gasteiger partial charge in [-0.15, -0.1) is 0 Å². The summed E-state index contributed by atoms with van der Waals surface area (Å²) in [4.78, 5) is 0. The zero-order valence-electron chi connectivity index (χ0n) is 11.4. The van der Waals surface area contributed by atoms with Gasteiger partial charge in [-0.25, -0.2) is 4.39 Å². The minimum Gasteiger partial charge on any atom is -0.396 e. The van der Waals surface area contributed by atoms with Crippen LogP contribution in [0, 0.1) is 5.82 Å². The lowest BCUT2D eigenvalue weighted by Gasteiger charge is -2.14. The predicted molar refractivity (Wildman–Crippen MR) is 77.9 cm³/mol. The van der Waals surface area contributed by atoms with Crippen LogP contribution >= 0.6 is 0 Å². The molecule has 1 N–H and O–H groups in total. The molecular formula is C17H21FO. The number of hydrogen-bond donors (Lipinski definition) is 1. The number of halogens is 1. The fourth-order valence-corrected chi connectivity index (χ4v) is 2.62. The van der Waals surface area contributed by atoms with Crippen molar-refractivity contribution in [3.05, 3.63) is 47.8 Å². The highest BCUT2D eigenvalue weighted by molar-refractivity contribution is 5.86. The lowest BCUT2D eigenvalue weighted by molar-refractivity contribution is 0.282. The van der Waals surface area contributed by atoms with Gasteiger partial charge in [0, 0.05) is 12.0 Å². The van der Waals surface area contributed by atoms with Gasteiger partial charge < -0.3 is 5.11 Å². The summed E-state index contributed by atoms with van der Waals surface area (Å²) < 4.78 is 13.8. The molecule has 0 aliphatic rings. The van der Waals surface area contributed by atoms with Crippen LogP contribution < -0.4 is 0 Å². The fraction of sp³-hybridized carbons (Fsp3) is 0.412. The molecule has 1 unspecified atom stereocenters. The van der Waals surface area contributed by atoms with Crippen LogP contribution in [0.25, 0.3) is 10.8 Å². The summed E-state index contributed by atoms with van der Waals surface area (Å²) in [5, 5.41) is 10.5. The molecule has 0 aromatic heterocycles. The second-order valence-electron chi connectivity index (χ2n) is 5.16. The minimum atomic E-state index is -0.146. The Morgan fingerprint density at radius 3 is 2.53 bits per heavy atom. The van der Waals surface area contributed by atoms with E-state index < -0.39 is 0 Å². The molecule has 2 heteroatoms. The van der Waals surface area contributed by atoms with E-state index in [4.69, 9.17) is 5.11 Å². The molecular weight excluding hydrogens is 239 g/mol. The van der Waals surface area contributed by atoms with Crippen molar-refractivity contribution in [1.82, 2.24) is 0 Å². The number of aliphatic hydroxyl groups excluding tert-OH is 1. The normalized spacial score (nSPS) is 12.8. The predicted octanol–water partition coefficient (Wildman–Crippen LogP) is 4.64. The van der Waals surface area contributed by atoms with Crippen LogP contribution in [0.2, 0.25) is 0 Å². The number of aliphatic hydroxyl groups is 1. The summed E-state index contributed by atoms with van der Waals surface area (Å²) in [7, 11) is 0. The maximum Gasteiger partial charge on any atom is 0.131 e. The van der Waals surface area contributed by atoms with Gasteiger partial charge in [0.25, 0.3) is 0 Å². The van der Waals surface area contributed by atoms with Gasteiger partial charge in [0.1, 0.15) is 5.82 Å². The summed E-state index contributed by atoms with van der Waals surface area (Å²) in [5.41, 5.74) is 1.22. The molecule has 0 heterocycles. The van der Waals surface area contributed by atoms with Crippen molar-refractivity contribution >= 4 is 10.8 Å². The van der Waals surface area contributed by atoms with E-state index in [0.717, 1.165) is 31.1 Å². The van der Waals surface area contributed by atoms with E-state index in [2.05, 4.69) is 13.0 Å². The average Bonchev–Trinajstić information content (AvgIpc) is 2.43. The Kier molecular flexibility index (Phi) is 4.92. The largest absolute Gasteiger partial charge is 0.396 e. The Balaban J connectivity index is 2.17. The zero-order valence-corrected chi connectivity index (χ0v) is 11.4. The van der Waals surface area contributed by atoms with E-state index in [1.165, 1.54) is 11.6 Å². The first-order valence-electron chi connectivity index (χ1n) is 7.02. The first kappa shape index (κ1) is 14.0. The smallest absolute Gasteiger partial charge is 0.131 e. The van der Waals surface area contributed by atoms with Gasteiger partial charge in [0.15, 0.2) is 0 Å². The second-order valence-corrected chi connectivity index (χ2v) is 5.16. The van der Waals surface area contributed by atoms with E-state index >= 15 is 0 Å². The van der Waals surface area contributed by atoms with Crippen LogP contribution in [0.3, 0.4) is 0 Å². The topological polar surface area (TPSA) is 20.2 Å². The lowest BCUT2D eigenvalue weighted by Crippen LogP contribution is -1.96. The van der Waals surface area contributed by atoms with Crippen molar-refractivity contribution < 1.29 is 9.50 Å². The molecule has 0 aliphatic carbocycles. The van der Waals surface area contributed by atoms with Gasteiger partial charge in [-0.2, -0.15) is 0 Å². The molecule has 1 nitrogen and oxygen atoms in total. The minimum absolute atomic E-state index is 0.146.